The first-order chi connectivity index (χ1) is 16.2. The molecule has 1 amide bonds. The Hall–Kier alpha value is -3.37. The van der Waals surface area contributed by atoms with Crippen LogP contribution in [0.4, 0.5) is 24.7 Å². The summed E-state index contributed by atoms with van der Waals surface area (Å²) in [5, 5.41) is 4.26. The summed E-state index contributed by atoms with van der Waals surface area (Å²) in [6, 6.07) is 5.48. The Morgan fingerprint density at radius 2 is 2.03 bits per heavy atom. The first-order valence-electron chi connectivity index (χ1n) is 11.4. The van der Waals surface area contributed by atoms with E-state index < -0.39 is 18.0 Å². The third-order valence-corrected chi connectivity index (χ3v) is 7.27. The summed E-state index contributed by atoms with van der Waals surface area (Å²) in [5.74, 6) is -0.408. The molecule has 3 aromatic heterocycles. The van der Waals surface area contributed by atoms with Crippen molar-refractivity contribution in [2.75, 3.05) is 24.5 Å². The Bertz CT molecular complexity index is 1360. The van der Waals surface area contributed by atoms with Crippen LogP contribution in [0, 0.1) is 11.8 Å². The number of halogens is 3. The monoisotopic (exact) mass is 472 g/mol. The molecular formula is C23H23F3N6O2. The van der Waals surface area contributed by atoms with Gasteiger partial charge in [0.1, 0.15) is 5.82 Å². The van der Waals surface area contributed by atoms with Crippen LogP contribution in [-0.2, 0) is 7.05 Å². The fourth-order valence-corrected chi connectivity index (χ4v) is 5.32. The van der Waals surface area contributed by atoms with E-state index in [1.54, 1.807) is 13.2 Å². The van der Waals surface area contributed by atoms with E-state index in [-0.39, 0.29) is 18.7 Å². The maximum atomic E-state index is 13.2. The van der Waals surface area contributed by atoms with E-state index in [2.05, 4.69) is 15.0 Å². The van der Waals surface area contributed by atoms with Crippen molar-refractivity contribution >= 4 is 23.1 Å². The van der Waals surface area contributed by atoms with Gasteiger partial charge < -0.3 is 9.80 Å². The quantitative estimate of drug-likeness (QED) is 0.573. The van der Waals surface area contributed by atoms with Crippen LogP contribution < -0.4 is 10.6 Å². The fraction of sp³-hybridized carbons (Fsp3) is 0.478. The molecule has 178 valence electrons. The lowest BCUT2D eigenvalue weighted by Gasteiger charge is -2.34. The number of aryl methyl sites for hydroxylation is 1. The second-order valence-corrected chi connectivity index (χ2v) is 9.50. The standard InChI is InChI=1S/C23H23F3N6O2/c1-29-22(34)31-6-4-16(9-19(31)28-29)32-11-14-8-17(14)18-7-13(10-27-20(18)32)21(33)30-5-2-3-15(12-30)23(24,25)26/h4,6-7,9-10,14-15,17H,2-3,5,8,11-12H2,1H3. The van der Waals surface area contributed by atoms with Crippen LogP contribution >= 0.6 is 0 Å². The largest absolute Gasteiger partial charge is 0.393 e. The van der Waals surface area contributed by atoms with Gasteiger partial charge in [-0.1, -0.05) is 0 Å². The van der Waals surface area contributed by atoms with Crippen molar-refractivity contribution < 1.29 is 18.0 Å². The lowest BCUT2D eigenvalue weighted by molar-refractivity contribution is -0.184. The molecule has 0 N–H and O–H groups in total. The van der Waals surface area contributed by atoms with E-state index in [0.717, 1.165) is 30.0 Å². The number of carbonyl (C=O) groups is 1. The van der Waals surface area contributed by atoms with Crippen LogP contribution in [0.15, 0.2) is 35.4 Å². The third kappa shape index (κ3) is 3.36. The third-order valence-electron chi connectivity index (χ3n) is 7.27. The molecule has 3 aromatic rings. The van der Waals surface area contributed by atoms with Crippen LogP contribution in [0.25, 0.3) is 5.65 Å². The second-order valence-electron chi connectivity index (χ2n) is 9.50. The predicted octanol–water partition coefficient (Wildman–Crippen LogP) is 3.10. The van der Waals surface area contributed by atoms with Gasteiger partial charge in [0.15, 0.2) is 5.65 Å². The van der Waals surface area contributed by atoms with Gasteiger partial charge in [0, 0.05) is 50.8 Å². The van der Waals surface area contributed by atoms with E-state index in [9.17, 15) is 22.8 Å². The zero-order chi connectivity index (χ0) is 23.8. The van der Waals surface area contributed by atoms with Crippen molar-refractivity contribution in [2.24, 2.45) is 18.9 Å². The zero-order valence-corrected chi connectivity index (χ0v) is 18.5. The number of anilines is 2. The molecule has 0 bridgehead atoms. The zero-order valence-electron chi connectivity index (χ0n) is 18.5. The van der Waals surface area contributed by atoms with Crippen molar-refractivity contribution in [1.29, 1.82) is 0 Å². The number of piperidine rings is 1. The molecule has 11 heteroatoms. The molecule has 0 radical (unpaired) electrons. The van der Waals surface area contributed by atoms with Gasteiger partial charge in [-0.3, -0.25) is 9.20 Å². The number of alkyl halides is 3. The number of rotatable bonds is 2. The first kappa shape index (κ1) is 21.2. The maximum absolute atomic E-state index is 13.2. The van der Waals surface area contributed by atoms with Gasteiger partial charge >= 0.3 is 11.9 Å². The highest BCUT2D eigenvalue weighted by molar-refractivity contribution is 5.95. The fourth-order valence-electron chi connectivity index (χ4n) is 5.32. The Morgan fingerprint density at radius 1 is 1.21 bits per heavy atom. The predicted molar refractivity (Wildman–Crippen MR) is 117 cm³/mol. The molecule has 34 heavy (non-hydrogen) atoms. The molecule has 1 aliphatic carbocycles. The summed E-state index contributed by atoms with van der Waals surface area (Å²) >= 11 is 0. The van der Waals surface area contributed by atoms with Gasteiger partial charge in [0.25, 0.3) is 5.91 Å². The summed E-state index contributed by atoms with van der Waals surface area (Å²) in [7, 11) is 1.60. The van der Waals surface area contributed by atoms with E-state index >= 15 is 0 Å². The van der Waals surface area contributed by atoms with Gasteiger partial charge in [0.05, 0.1) is 11.5 Å². The molecule has 1 saturated heterocycles. The van der Waals surface area contributed by atoms with Crippen LogP contribution in [0.3, 0.4) is 0 Å². The summed E-state index contributed by atoms with van der Waals surface area (Å²) < 4.78 is 42.4. The maximum Gasteiger partial charge on any atom is 0.393 e. The van der Waals surface area contributed by atoms with Crippen LogP contribution in [0.2, 0.25) is 0 Å². The highest BCUT2D eigenvalue weighted by Crippen LogP contribution is 2.55. The van der Waals surface area contributed by atoms with Crippen molar-refractivity contribution in [3.63, 3.8) is 0 Å². The molecule has 3 atom stereocenters. The Labute approximate surface area is 192 Å². The molecule has 0 spiro atoms. The normalized spacial score (nSPS) is 24.2. The minimum absolute atomic E-state index is 0.0567. The molecule has 1 saturated carbocycles. The van der Waals surface area contributed by atoms with Gasteiger partial charge in [-0.2, -0.15) is 18.3 Å². The summed E-state index contributed by atoms with van der Waals surface area (Å²) in [4.78, 5) is 33.2. The van der Waals surface area contributed by atoms with Gasteiger partial charge in [-0.05, 0) is 48.8 Å². The number of aromatic nitrogens is 4. The molecule has 2 fully saturated rings. The molecule has 0 aromatic carbocycles. The number of amides is 1. The van der Waals surface area contributed by atoms with Gasteiger partial charge in [-0.25, -0.2) is 14.5 Å². The minimum atomic E-state index is -4.30. The SMILES string of the molecule is Cn1nc2cc(N3CC4CC4c4cc(C(=O)N5CCCC(C(F)(F)F)C5)cnc43)ccn2c1=O. The molecule has 5 heterocycles. The smallest absolute Gasteiger partial charge is 0.338 e. The van der Waals surface area contributed by atoms with Crippen molar-refractivity contribution in [1.82, 2.24) is 24.1 Å². The van der Waals surface area contributed by atoms with Crippen molar-refractivity contribution in [3.05, 3.63) is 52.2 Å². The first-order valence-corrected chi connectivity index (χ1v) is 11.4. The number of carbonyl (C=O) groups excluding carboxylic acids is 1. The van der Waals surface area contributed by atoms with E-state index in [1.807, 2.05) is 18.2 Å². The molecule has 6 rings (SSSR count). The number of pyridine rings is 2. The van der Waals surface area contributed by atoms with Crippen molar-refractivity contribution in [3.8, 4) is 0 Å². The number of likely N-dealkylation sites (tertiary alicyclic amines) is 1. The Balaban J connectivity index is 1.31. The van der Waals surface area contributed by atoms with E-state index in [1.165, 1.54) is 20.2 Å². The van der Waals surface area contributed by atoms with E-state index in [4.69, 9.17) is 0 Å². The van der Waals surface area contributed by atoms with Crippen LogP contribution in [0.1, 0.15) is 41.1 Å². The number of hydrogen-bond donors (Lipinski definition) is 0. The topological polar surface area (TPSA) is 75.7 Å². The summed E-state index contributed by atoms with van der Waals surface area (Å²) in [6.45, 7) is 0.787. The number of fused-ring (bicyclic) bond motifs is 4. The summed E-state index contributed by atoms with van der Waals surface area (Å²) in [5.41, 5.74) is 2.43. The minimum Gasteiger partial charge on any atom is -0.338 e. The van der Waals surface area contributed by atoms with Crippen molar-refractivity contribution in [2.45, 2.75) is 31.4 Å². The lowest BCUT2D eigenvalue weighted by Crippen LogP contribution is -2.44. The lowest BCUT2D eigenvalue weighted by atomic mass is 9.96. The van der Waals surface area contributed by atoms with Crippen LogP contribution in [0.5, 0.6) is 0 Å². The second kappa shape index (κ2) is 7.31. The number of hydrogen-bond acceptors (Lipinski definition) is 5. The molecule has 8 nitrogen and oxygen atoms in total. The van der Waals surface area contributed by atoms with Gasteiger partial charge in [-0.15, -0.1) is 0 Å². The number of nitrogens with zero attached hydrogens (tertiary/aromatic N) is 6. The highest BCUT2D eigenvalue weighted by atomic mass is 19.4. The Morgan fingerprint density at radius 3 is 2.82 bits per heavy atom. The molecule has 3 aliphatic rings. The van der Waals surface area contributed by atoms with Crippen LogP contribution in [-0.4, -0.2) is 55.8 Å². The highest BCUT2D eigenvalue weighted by Gasteiger charge is 2.47. The van der Waals surface area contributed by atoms with Gasteiger partial charge in [0.2, 0.25) is 0 Å². The average Bonchev–Trinajstić information content (AvgIpc) is 3.56. The molecule has 2 aliphatic heterocycles. The van der Waals surface area contributed by atoms with E-state index in [0.29, 0.717) is 36.0 Å². The molecule has 3 unspecified atom stereocenters. The Kier molecular flexibility index (Phi) is 4.56. The summed E-state index contributed by atoms with van der Waals surface area (Å²) in [6.07, 6.45) is 0.234. The molecular weight excluding hydrogens is 449 g/mol. The average molecular weight is 472 g/mol.